The Morgan fingerprint density at radius 2 is 2.04 bits per heavy atom. The maximum absolute atomic E-state index is 13.0. The second kappa shape index (κ2) is 7.42. The van der Waals surface area contributed by atoms with Crippen LogP contribution in [0, 0.1) is 11.7 Å². The Hall–Kier alpha value is -3.22. The SMILES string of the molecule is CCC1=CC=C(c2nc3nc(CNc4ccc(F)cc4)cc(=O)n3[nH]2)CC1C. The number of nitrogens with zero attached hydrogens (tertiary/aromatic N) is 3. The molecule has 1 aromatic carbocycles. The van der Waals surface area contributed by atoms with Gasteiger partial charge in [-0.15, -0.1) is 0 Å². The van der Waals surface area contributed by atoms with E-state index in [0.717, 1.165) is 24.1 Å². The maximum Gasteiger partial charge on any atom is 0.274 e. The highest BCUT2D eigenvalue weighted by Gasteiger charge is 2.18. The number of H-pyrrole nitrogens is 1. The van der Waals surface area contributed by atoms with E-state index >= 15 is 0 Å². The molecule has 0 amide bonds. The van der Waals surface area contributed by atoms with E-state index in [1.165, 1.54) is 28.3 Å². The highest BCUT2D eigenvalue weighted by molar-refractivity contribution is 5.65. The van der Waals surface area contributed by atoms with Crippen LogP contribution in [-0.2, 0) is 6.54 Å². The van der Waals surface area contributed by atoms with Crippen molar-refractivity contribution in [2.75, 3.05) is 5.32 Å². The molecule has 0 fully saturated rings. The Morgan fingerprint density at radius 3 is 2.75 bits per heavy atom. The van der Waals surface area contributed by atoms with Crippen molar-refractivity contribution in [2.45, 2.75) is 33.2 Å². The summed E-state index contributed by atoms with van der Waals surface area (Å²) in [6.45, 7) is 4.71. The molecule has 0 radical (unpaired) electrons. The molecule has 6 nitrogen and oxygen atoms in total. The summed E-state index contributed by atoms with van der Waals surface area (Å²) in [5, 5.41) is 6.20. The number of nitrogens with one attached hydrogen (secondary N) is 2. The molecule has 1 atom stereocenters. The second-order valence-electron chi connectivity index (χ2n) is 7.05. The Kier molecular flexibility index (Phi) is 4.81. The van der Waals surface area contributed by atoms with E-state index in [2.05, 4.69) is 46.4 Å². The van der Waals surface area contributed by atoms with Gasteiger partial charge in [-0.1, -0.05) is 31.6 Å². The van der Waals surface area contributed by atoms with Crippen molar-refractivity contribution in [1.82, 2.24) is 19.6 Å². The van der Waals surface area contributed by atoms with Crippen LogP contribution in [0.1, 0.15) is 38.2 Å². The molecule has 1 aliphatic rings. The van der Waals surface area contributed by atoms with Gasteiger partial charge in [0.1, 0.15) is 5.82 Å². The summed E-state index contributed by atoms with van der Waals surface area (Å²) >= 11 is 0. The van der Waals surface area contributed by atoms with Crippen LogP contribution in [0.15, 0.2) is 52.9 Å². The molecular formula is C21H22FN5O. The summed E-state index contributed by atoms with van der Waals surface area (Å²) in [6.07, 6.45) is 6.13. The lowest BCUT2D eigenvalue weighted by Gasteiger charge is -2.19. The molecule has 0 bridgehead atoms. The summed E-state index contributed by atoms with van der Waals surface area (Å²) in [6, 6.07) is 7.51. The number of fused-ring (bicyclic) bond motifs is 1. The van der Waals surface area contributed by atoms with Crippen LogP contribution < -0.4 is 10.9 Å². The van der Waals surface area contributed by atoms with Gasteiger partial charge in [0.25, 0.3) is 11.3 Å². The van der Waals surface area contributed by atoms with Crippen molar-refractivity contribution in [3.05, 3.63) is 75.7 Å². The number of hydrogen-bond acceptors (Lipinski definition) is 4. The van der Waals surface area contributed by atoms with E-state index in [-0.39, 0.29) is 11.4 Å². The van der Waals surface area contributed by atoms with Crippen molar-refractivity contribution in [1.29, 1.82) is 0 Å². The number of allylic oxidation sites excluding steroid dienone is 4. The van der Waals surface area contributed by atoms with Gasteiger partial charge in [0.05, 0.1) is 12.2 Å². The molecule has 3 aromatic rings. The molecule has 1 unspecified atom stereocenters. The van der Waals surface area contributed by atoms with E-state index in [0.29, 0.717) is 29.8 Å². The van der Waals surface area contributed by atoms with Crippen LogP contribution >= 0.6 is 0 Å². The lowest BCUT2D eigenvalue weighted by atomic mass is 9.87. The lowest BCUT2D eigenvalue weighted by Crippen LogP contribution is -2.17. The van der Waals surface area contributed by atoms with Crippen molar-refractivity contribution >= 4 is 17.0 Å². The van der Waals surface area contributed by atoms with Gasteiger partial charge in [-0.25, -0.2) is 9.37 Å². The largest absolute Gasteiger partial charge is 0.379 e. The van der Waals surface area contributed by atoms with Crippen molar-refractivity contribution in [2.24, 2.45) is 5.92 Å². The molecule has 7 heteroatoms. The molecule has 4 rings (SSSR count). The Morgan fingerprint density at radius 1 is 1.25 bits per heavy atom. The summed E-state index contributed by atoms with van der Waals surface area (Å²) in [5.74, 6) is 1.18. The fourth-order valence-electron chi connectivity index (χ4n) is 3.46. The lowest BCUT2D eigenvalue weighted by molar-refractivity contribution is 0.628. The molecule has 1 aliphatic carbocycles. The van der Waals surface area contributed by atoms with Crippen LogP contribution in [0.3, 0.4) is 0 Å². The predicted octanol–water partition coefficient (Wildman–Crippen LogP) is 3.93. The Labute approximate surface area is 161 Å². The molecule has 0 saturated heterocycles. The van der Waals surface area contributed by atoms with Crippen molar-refractivity contribution < 1.29 is 4.39 Å². The molecule has 2 N–H and O–H groups in total. The Balaban J connectivity index is 1.59. The molecule has 28 heavy (non-hydrogen) atoms. The zero-order valence-electron chi connectivity index (χ0n) is 15.9. The third-order valence-electron chi connectivity index (χ3n) is 5.07. The standard InChI is InChI=1S/C21H22FN5O/c1-3-14-4-5-15(10-13(14)2)20-25-21-24-18(11-19(28)27(21)26-20)12-23-17-8-6-16(22)7-9-17/h4-9,11,13,23H,3,10,12H2,1-2H3,(H,24,25,26). The van der Waals surface area contributed by atoms with Gasteiger partial charge in [-0.3, -0.25) is 9.89 Å². The van der Waals surface area contributed by atoms with Crippen LogP contribution in [0.25, 0.3) is 11.4 Å². The van der Waals surface area contributed by atoms with E-state index in [1.54, 1.807) is 12.1 Å². The van der Waals surface area contributed by atoms with Gasteiger partial charge < -0.3 is 5.32 Å². The highest BCUT2D eigenvalue weighted by atomic mass is 19.1. The number of aromatic amines is 1. The fourth-order valence-corrected chi connectivity index (χ4v) is 3.46. The second-order valence-corrected chi connectivity index (χ2v) is 7.05. The zero-order chi connectivity index (χ0) is 19.7. The van der Waals surface area contributed by atoms with E-state index in [4.69, 9.17) is 0 Å². The van der Waals surface area contributed by atoms with Gasteiger partial charge >= 0.3 is 0 Å². The third-order valence-corrected chi connectivity index (χ3v) is 5.07. The first kappa shape index (κ1) is 18.2. The normalized spacial score (nSPS) is 16.8. The minimum atomic E-state index is -0.292. The number of aromatic nitrogens is 4. The van der Waals surface area contributed by atoms with Gasteiger partial charge in [0, 0.05) is 11.8 Å². The van der Waals surface area contributed by atoms with E-state index < -0.39 is 0 Å². The number of anilines is 1. The minimum absolute atomic E-state index is 0.214. The van der Waals surface area contributed by atoms with Crippen LogP contribution in [0.4, 0.5) is 10.1 Å². The maximum atomic E-state index is 13.0. The first-order valence-corrected chi connectivity index (χ1v) is 9.41. The average Bonchev–Trinajstić information content (AvgIpc) is 3.12. The quantitative estimate of drug-likeness (QED) is 0.704. The average molecular weight is 379 g/mol. The van der Waals surface area contributed by atoms with Gasteiger partial charge in [-0.2, -0.15) is 9.50 Å². The molecule has 0 saturated carbocycles. The molecule has 0 aliphatic heterocycles. The smallest absolute Gasteiger partial charge is 0.274 e. The van der Waals surface area contributed by atoms with Crippen LogP contribution in [-0.4, -0.2) is 19.6 Å². The summed E-state index contributed by atoms with van der Waals surface area (Å²) in [4.78, 5) is 21.5. The Bertz CT molecular complexity index is 1120. The summed E-state index contributed by atoms with van der Waals surface area (Å²) < 4.78 is 14.4. The molecular weight excluding hydrogens is 357 g/mol. The minimum Gasteiger partial charge on any atom is -0.379 e. The molecule has 2 heterocycles. The van der Waals surface area contributed by atoms with E-state index in [9.17, 15) is 9.18 Å². The molecule has 144 valence electrons. The zero-order valence-corrected chi connectivity index (χ0v) is 15.9. The van der Waals surface area contributed by atoms with Gasteiger partial charge in [0.2, 0.25) is 0 Å². The topological polar surface area (TPSA) is 75.1 Å². The van der Waals surface area contributed by atoms with Crippen molar-refractivity contribution in [3.63, 3.8) is 0 Å². The van der Waals surface area contributed by atoms with Gasteiger partial charge in [-0.05, 0) is 48.6 Å². The monoisotopic (exact) mass is 379 g/mol. The number of hydrogen-bond donors (Lipinski definition) is 2. The summed E-state index contributed by atoms with van der Waals surface area (Å²) in [5.41, 5.74) is 3.61. The number of rotatable bonds is 5. The van der Waals surface area contributed by atoms with Crippen molar-refractivity contribution in [3.8, 4) is 0 Å². The third kappa shape index (κ3) is 3.60. The fraction of sp³-hybridized carbons (Fsp3) is 0.286. The molecule has 2 aromatic heterocycles. The van der Waals surface area contributed by atoms with Crippen LogP contribution in [0.5, 0.6) is 0 Å². The molecule has 0 spiro atoms. The van der Waals surface area contributed by atoms with E-state index in [1.807, 2.05) is 0 Å². The first-order valence-electron chi connectivity index (χ1n) is 9.41. The summed E-state index contributed by atoms with van der Waals surface area (Å²) in [7, 11) is 0. The first-order chi connectivity index (χ1) is 13.5. The predicted molar refractivity (Wildman–Crippen MR) is 107 cm³/mol. The van der Waals surface area contributed by atoms with Gasteiger partial charge in [0.15, 0.2) is 5.82 Å². The van der Waals surface area contributed by atoms with Crippen LogP contribution in [0.2, 0.25) is 0 Å². The number of benzene rings is 1. The number of halogens is 1. The highest BCUT2D eigenvalue weighted by Crippen LogP contribution is 2.31.